The van der Waals surface area contributed by atoms with Crippen LogP contribution in [-0.2, 0) is 32.7 Å². The van der Waals surface area contributed by atoms with E-state index in [-0.39, 0.29) is 38.6 Å². The van der Waals surface area contributed by atoms with Crippen LogP contribution in [0.2, 0.25) is 0 Å². The predicted octanol–water partition coefficient (Wildman–Crippen LogP) is 24.0. The highest BCUT2D eigenvalue weighted by molar-refractivity contribution is 7.47. The van der Waals surface area contributed by atoms with Crippen molar-refractivity contribution >= 4 is 19.8 Å². The number of nitrogens with two attached hydrogens (primary N) is 1. The molecule has 0 heterocycles. The summed E-state index contributed by atoms with van der Waals surface area (Å²) in [6.07, 6.45) is 93.1. The Kier molecular flexibility index (Phi) is 68.4. The van der Waals surface area contributed by atoms with Gasteiger partial charge >= 0.3 is 19.8 Å². The number of hydrogen-bond donors (Lipinski definition) is 2. The molecule has 0 aromatic heterocycles. The summed E-state index contributed by atoms with van der Waals surface area (Å²) in [6, 6.07) is 0. The quantitative estimate of drug-likeness (QED) is 0.0264. The number of esters is 2. The van der Waals surface area contributed by atoms with Crippen molar-refractivity contribution < 1.29 is 37.6 Å². The number of unbranched alkanes of at least 4 members (excludes halogenated alkanes) is 44. The number of phosphoric ester groups is 1. The third-order valence-corrected chi connectivity index (χ3v) is 17.1. The zero-order valence-electron chi connectivity index (χ0n) is 55.8. The van der Waals surface area contributed by atoms with E-state index in [1.165, 1.54) is 250 Å². The van der Waals surface area contributed by atoms with Crippen LogP contribution in [0.4, 0.5) is 0 Å². The monoisotopic (exact) mass is 1210 g/mol. The van der Waals surface area contributed by atoms with Gasteiger partial charge in [0.1, 0.15) is 6.61 Å². The molecule has 0 radical (unpaired) electrons. The first-order valence-corrected chi connectivity index (χ1v) is 37.9. The van der Waals surface area contributed by atoms with Crippen molar-refractivity contribution in [2.75, 3.05) is 26.4 Å². The molecule has 0 aliphatic carbocycles. The molecule has 0 aromatic carbocycles. The molecule has 0 aliphatic rings. The second-order valence-corrected chi connectivity index (χ2v) is 25.9. The van der Waals surface area contributed by atoms with E-state index in [1.54, 1.807) is 0 Å². The Morgan fingerprint density at radius 1 is 0.365 bits per heavy atom. The second kappa shape index (κ2) is 70.5. The van der Waals surface area contributed by atoms with Gasteiger partial charge in [0.2, 0.25) is 0 Å². The van der Waals surface area contributed by atoms with Gasteiger partial charge in [0.25, 0.3) is 0 Å². The molecule has 10 heteroatoms. The first kappa shape index (κ1) is 82.5. The van der Waals surface area contributed by atoms with Gasteiger partial charge < -0.3 is 20.1 Å². The molecule has 2 atom stereocenters. The van der Waals surface area contributed by atoms with E-state index >= 15 is 0 Å². The van der Waals surface area contributed by atoms with E-state index in [1.807, 2.05) is 0 Å². The fraction of sp³-hybridized carbons (Fsp3) is 0.813. The van der Waals surface area contributed by atoms with Gasteiger partial charge in [0, 0.05) is 19.4 Å². The SMILES string of the molecule is CC/C=C\C/C=C\C/C=C\C/C=C\C/C=C\CCCCCCCCCCCC(=O)OC(COC(=O)CCCCCCCCCCCCCCCCCCCCCCCCCCCCC/C=C\CCCCCCCCCC)COP(=O)(O)OCCN. The average Bonchev–Trinajstić information content (AvgIpc) is 3.52. The standard InChI is InChI=1S/C75H138NO8P/c1-3-5-7-9-11-13-15-17-19-21-23-25-27-29-30-31-32-33-34-35-36-37-38-39-40-41-42-44-45-47-49-51-53-55-57-59-61-63-65-67-74(77)81-71-73(72-83-85(79,80)82-70-69-76)84-75(78)68-66-64-62-60-58-56-54-52-50-48-46-43-28-26-24-22-20-18-16-14-12-10-8-6-4-2/h6,8,12,14,18,20-21,23-24,26,43,46,73H,3-5,7,9-11,13,15-17,19,22,25,27-42,44-45,47-72,76H2,1-2H3,(H,79,80)/b8-6-,14-12-,20-18-,23-21-,26-24-,46-43-. The number of hydrogen-bond acceptors (Lipinski definition) is 8. The molecule has 0 spiro atoms. The van der Waals surface area contributed by atoms with Gasteiger partial charge in [-0.3, -0.25) is 18.6 Å². The Hall–Kier alpha value is -2.55. The summed E-state index contributed by atoms with van der Waals surface area (Å²) in [5.74, 6) is -0.822. The fourth-order valence-electron chi connectivity index (χ4n) is 10.7. The summed E-state index contributed by atoms with van der Waals surface area (Å²) < 4.78 is 33.2. The minimum absolute atomic E-state index is 0.0511. The van der Waals surface area contributed by atoms with E-state index in [9.17, 15) is 19.0 Å². The fourth-order valence-corrected chi connectivity index (χ4v) is 11.5. The topological polar surface area (TPSA) is 134 Å². The highest BCUT2D eigenvalue weighted by Gasteiger charge is 2.26. The predicted molar refractivity (Wildman–Crippen MR) is 367 cm³/mol. The van der Waals surface area contributed by atoms with Gasteiger partial charge in [-0.2, -0.15) is 0 Å². The Morgan fingerprint density at radius 3 is 0.976 bits per heavy atom. The summed E-state index contributed by atoms with van der Waals surface area (Å²) in [7, 11) is -4.40. The van der Waals surface area contributed by atoms with Crippen molar-refractivity contribution in [1.82, 2.24) is 0 Å². The maximum absolute atomic E-state index is 12.8. The van der Waals surface area contributed by atoms with E-state index in [4.69, 9.17) is 24.3 Å². The molecule has 0 rings (SSSR count). The van der Waals surface area contributed by atoms with Crippen LogP contribution in [0.25, 0.3) is 0 Å². The lowest BCUT2D eigenvalue weighted by Crippen LogP contribution is -2.29. The summed E-state index contributed by atoms with van der Waals surface area (Å²) in [5, 5.41) is 0. The number of rotatable bonds is 69. The Balaban J connectivity index is 3.79. The Labute approximate surface area is 526 Å². The van der Waals surface area contributed by atoms with Gasteiger partial charge in [0.15, 0.2) is 6.10 Å². The number of ether oxygens (including phenoxy) is 2. The molecule has 0 amide bonds. The third kappa shape index (κ3) is 70.4. The minimum atomic E-state index is -4.40. The van der Waals surface area contributed by atoms with Crippen molar-refractivity contribution in [3.63, 3.8) is 0 Å². The van der Waals surface area contributed by atoms with Gasteiger partial charge in [-0.05, 0) is 83.5 Å². The molecule has 0 aliphatic heterocycles. The van der Waals surface area contributed by atoms with Crippen LogP contribution in [0.3, 0.4) is 0 Å². The summed E-state index contributed by atoms with van der Waals surface area (Å²) in [6.45, 7) is 3.67. The second-order valence-electron chi connectivity index (χ2n) is 24.4. The first-order valence-electron chi connectivity index (χ1n) is 36.4. The van der Waals surface area contributed by atoms with Crippen LogP contribution in [0.1, 0.15) is 361 Å². The summed E-state index contributed by atoms with van der Waals surface area (Å²) in [5.41, 5.74) is 5.40. The molecule has 0 saturated heterocycles. The molecule has 0 aromatic rings. The Morgan fingerprint density at radius 2 is 0.647 bits per heavy atom. The van der Waals surface area contributed by atoms with Crippen LogP contribution in [0.5, 0.6) is 0 Å². The van der Waals surface area contributed by atoms with E-state index in [0.717, 1.165) is 77.0 Å². The van der Waals surface area contributed by atoms with Crippen LogP contribution < -0.4 is 5.73 Å². The molecule has 496 valence electrons. The summed E-state index contributed by atoms with van der Waals surface area (Å²) in [4.78, 5) is 35.4. The molecular weight excluding hydrogens is 1070 g/mol. The number of phosphoric acid groups is 1. The highest BCUT2D eigenvalue weighted by Crippen LogP contribution is 2.43. The van der Waals surface area contributed by atoms with Gasteiger partial charge in [-0.25, -0.2) is 4.57 Å². The summed E-state index contributed by atoms with van der Waals surface area (Å²) >= 11 is 0. The maximum atomic E-state index is 12.8. The molecule has 2 unspecified atom stereocenters. The number of carbonyl (C=O) groups excluding carboxylic acids is 2. The lowest BCUT2D eigenvalue weighted by atomic mass is 10.0. The zero-order valence-corrected chi connectivity index (χ0v) is 56.7. The smallest absolute Gasteiger partial charge is 0.462 e. The molecule has 0 bridgehead atoms. The van der Waals surface area contributed by atoms with Crippen molar-refractivity contribution in [2.24, 2.45) is 5.73 Å². The molecule has 0 fully saturated rings. The van der Waals surface area contributed by atoms with Crippen LogP contribution in [0.15, 0.2) is 72.9 Å². The van der Waals surface area contributed by atoms with E-state index in [0.29, 0.717) is 6.42 Å². The van der Waals surface area contributed by atoms with Gasteiger partial charge in [-0.15, -0.1) is 0 Å². The molecule has 9 nitrogen and oxygen atoms in total. The lowest BCUT2D eigenvalue weighted by molar-refractivity contribution is -0.161. The van der Waals surface area contributed by atoms with Crippen molar-refractivity contribution in [1.29, 1.82) is 0 Å². The van der Waals surface area contributed by atoms with Crippen molar-refractivity contribution in [3.8, 4) is 0 Å². The van der Waals surface area contributed by atoms with Crippen molar-refractivity contribution in [2.45, 2.75) is 367 Å². The third-order valence-electron chi connectivity index (χ3n) is 16.1. The maximum Gasteiger partial charge on any atom is 0.472 e. The number of carbonyl (C=O) groups is 2. The van der Waals surface area contributed by atoms with Gasteiger partial charge in [0.05, 0.1) is 13.2 Å². The molecule has 0 saturated carbocycles. The molecular formula is C75H138NO8P. The number of allylic oxidation sites excluding steroid dienone is 12. The average molecular weight is 1210 g/mol. The molecule has 85 heavy (non-hydrogen) atoms. The van der Waals surface area contributed by atoms with Crippen LogP contribution in [0, 0.1) is 0 Å². The van der Waals surface area contributed by atoms with E-state index < -0.39 is 26.5 Å². The largest absolute Gasteiger partial charge is 0.472 e. The Bertz CT molecular complexity index is 1620. The van der Waals surface area contributed by atoms with Gasteiger partial charge in [-0.1, -0.05) is 337 Å². The van der Waals surface area contributed by atoms with Crippen LogP contribution >= 0.6 is 7.82 Å². The van der Waals surface area contributed by atoms with Crippen molar-refractivity contribution in [3.05, 3.63) is 72.9 Å². The zero-order chi connectivity index (χ0) is 61.6. The molecule has 3 N–H and O–H groups in total. The normalized spacial score (nSPS) is 13.3. The minimum Gasteiger partial charge on any atom is -0.462 e. The lowest BCUT2D eigenvalue weighted by Gasteiger charge is -2.19. The van der Waals surface area contributed by atoms with E-state index in [2.05, 4.69) is 86.8 Å². The highest BCUT2D eigenvalue weighted by atomic mass is 31.2. The first-order chi connectivity index (χ1) is 41.8. The van der Waals surface area contributed by atoms with Crippen LogP contribution in [-0.4, -0.2) is 49.3 Å².